The molecule has 0 aromatic heterocycles. The fourth-order valence-corrected chi connectivity index (χ4v) is 0.774. The van der Waals surface area contributed by atoms with Gasteiger partial charge in [-0.1, -0.05) is 13.0 Å². The van der Waals surface area contributed by atoms with Crippen molar-refractivity contribution in [1.82, 2.24) is 0 Å². The van der Waals surface area contributed by atoms with Gasteiger partial charge in [0.1, 0.15) is 6.04 Å². The van der Waals surface area contributed by atoms with Crippen LogP contribution < -0.4 is 17.2 Å². The number of primary amides is 1. The molecule has 0 unspecified atom stereocenters. The van der Waals surface area contributed by atoms with E-state index in [9.17, 15) is 14.4 Å². The summed E-state index contributed by atoms with van der Waals surface area (Å²) in [7, 11) is 0. The smallest absolute Gasteiger partial charge is 0.404 e. The molecule has 8 N–H and O–H groups in total. The van der Waals surface area contributed by atoms with Crippen molar-refractivity contribution in [2.45, 2.75) is 39.2 Å². The maximum atomic E-state index is 10.1. The molecule has 22 heavy (non-hydrogen) atoms. The number of carbonyl (C=O) groups excluding carboxylic acids is 1. The largest absolute Gasteiger partial charge is 0.480 e. The van der Waals surface area contributed by atoms with Crippen molar-refractivity contribution >= 4 is 18.0 Å². The van der Waals surface area contributed by atoms with Crippen molar-refractivity contribution in [1.29, 1.82) is 0 Å². The van der Waals surface area contributed by atoms with Crippen LogP contribution in [0.4, 0.5) is 4.79 Å². The summed E-state index contributed by atoms with van der Waals surface area (Å²) in [6, 6.07) is -0.716. The van der Waals surface area contributed by atoms with Gasteiger partial charge in [-0.3, -0.25) is 4.79 Å². The second kappa shape index (κ2) is 16.9. The lowest BCUT2D eigenvalue weighted by Gasteiger charge is -2.03. The third-order valence-corrected chi connectivity index (χ3v) is 1.94. The van der Waals surface area contributed by atoms with Gasteiger partial charge in [0.15, 0.2) is 0 Å². The Morgan fingerprint density at radius 2 is 1.68 bits per heavy atom. The van der Waals surface area contributed by atoms with Gasteiger partial charge < -0.3 is 32.2 Å². The summed E-state index contributed by atoms with van der Waals surface area (Å²) in [6.45, 7) is 7.26. The number of hydrogen-bond donors (Lipinski definition) is 5. The molecule has 9 nitrogen and oxygen atoms in total. The van der Waals surface area contributed by atoms with E-state index in [4.69, 9.17) is 21.7 Å². The number of hydrogen-bond acceptors (Lipinski definition) is 6. The quantitative estimate of drug-likeness (QED) is 0.327. The summed E-state index contributed by atoms with van der Waals surface area (Å²) in [4.78, 5) is 29.3. The molecule has 0 spiro atoms. The molecule has 0 radical (unpaired) electrons. The van der Waals surface area contributed by atoms with E-state index < -0.39 is 24.1 Å². The predicted molar refractivity (Wildman–Crippen MR) is 82.2 cm³/mol. The number of carbonyl (C=O) groups is 3. The Balaban J connectivity index is -0.000000261. The Kier molecular flexibility index (Phi) is 19.1. The summed E-state index contributed by atoms with van der Waals surface area (Å²) in [5, 5.41) is 16.2. The third-order valence-electron chi connectivity index (χ3n) is 1.94. The highest BCUT2D eigenvalue weighted by Gasteiger charge is 2.09. The van der Waals surface area contributed by atoms with Gasteiger partial charge in [0, 0.05) is 5.57 Å². The van der Waals surface area contributed by atoms with Crippen LogP contribution in [0.5, 0.6) is 0 Å². The lowest BCUT2D eigenvalue weighted by Crippen LogP contribution is -2.29. The number of rotatable bonds is 7. The average molecular weight is 321 g/mol. The monoisotopic (exact) mass is 321 g/mol. The molecule has 1 amide bonds. The minimum Gasteiger partial charge on any atom is -0.480 e. The fraction of sp³-hybridized carbons (Fsp3) is 0.615. The maximum absolute atomic E-state index is 10.1. The predicted octanol–water partition coefficient (Wildman–Crippen LogP) is 0.276. The Morgan fingerprint density at radius 3 is 1.86 bits per heavy atom. The molecule has 1 atom stereocenters. The molecule has 0 aliphatic carbocycles. The van der Waals surface area contributed by atoms with Gasteiger partial charge in [-0.2, -0.15) is 0 Å². The van der Waals surface area contributed by atoms with Crippen LogP contribution in [-0.2, 0) is 14.3 Å². The van der Waals surface area contributed by atoms with Crippen molar-refractivity contribution in [3.05, 3.63) is 12.2 Å². The first-order chi connectivity index (χ1) is 10.1. The molecule has 0 heterocycles. The number of aliphatic carboxylic acids is 2. The highest BCUT2D eigenvalue weighted by Crippen LogP contribution is 1.96. The normalized spacial score (nSPS) is 10.0. The molecule has 0 aromatic rings. The Morgan fingerprint density at radius 1 is 1.23 bits per heavy atom. The van der Waals surface area contributed by atoms with E-state index in [-0.39, 0.29) is 5.57 Å². The van der Waals surface area contributed by atoms with Crippen LogP contribution in [-0.4, -0.2) is 47.4 Å². The second-order valence-electron chi connectivity index (χ2n) is 4.07. The van der Waals surface area contributed by atoms with E-state index in [1.165, 1.54) is 6.92 Å². The van der Waals surface area contributed by atoms with Gasteiger partial charge in [0.05, 0.1) is 6.61 Å². The number of ether oxygens (including phenoxy) is 1. The molecule has 0 saturated carbocycles. The number of unbranched alkanes of at least 4 members (excludes halogenated alkanes) is 1. The van der Waals surface area contributed by atoms with Gasteiger partial charge in [-0.25, -0.2) is 9.59 Å². The summed E-state index contributed by atoms with van der Waals surface area (Å²) in [5.74, 6) is -1.87. The molecular weight excluding hydrogens is 294 g/mol. The summed E-state index contributed by atoms with van der Waals surface area (Å²) >= 11 is 0. The average Bonchev–Trinajstić information content (AvgIpc) is 2.39. The third kappa shape index (κ3) is 26.4. The van der Waals surface area contributed by atoms with Crippen LogP contribution in [0.15, 0.2) is 12.2 Å². The Hall–Kier alpha value is -2.13. The van der Waals surface area contributed by atoms with E-state index >= 15 is 0 Å². The molecule has 0 aliphatic rings. The van der Waals surface area contributed by atoms with Crippen molar-refractivity contribution in [3.63, 3.8) is 0 Å². The summed E-state index contributed by atoms with van der Waals surface area (Å²) in [5.41, 5.74) is 15.1. The molecular formula is C13H27N3O6. The lowest BCUT2D eigenvalue weighted by atomic mass is 10.1. The first-order valence-electron chi connectivity index (χ1n) is 6.59. The molecule has 0 saturated heterocycles. The zero-order chi connectivity index (χ0) is 18.1. The van der Waals surface area contributed by atoms with Gasteiger partial charge in [0.2, 0.25) is 0 Å². The Bertz CT molecular complexity index is 335. The van der Waals surface area contributed by atoms with Crippen LogP contribution in [0.1, 0.15) is 33.1 Å². The van der Waals surface area contributed by atoms with Gasteiger partial charge in [0.25, 0.3) is 0 Å². The fourth-order valence-electron chi connectivity index (χ4n) is 0.774. The topological polar surface area (TPSA) is 179 Å². The minimum absolute atomic E-state index is 0.176. The summed E-state index contributed by atoms with van der Waals surface area (Å²) in [6.07, 6.45) is 1.45. The number of carboxylic acids is 2. The number of amides is 1. The van der Waals surface area contributed by atoms with Crippen LogP contribution >= 0.6 is 0 Å². The van der Waals surface area contributed by atoms with E-state index in [0.29, 0.717) is 19.6 Å². The molecule has 0 aromatic carbocycles. The molecule has 0 rings (SSSR count). The molecule has 130 valence electrons. The second-order valence-corrected chi connectivity index (χ2v) is 4.07. The molecule has 0 aliphatic heterocycles. The van der Waals surface area contributed by atoms with Gasteiger partial charge in [-0.05, 0) is 33.2 Å². The maximum Gasteiger partial charge on any atom is 0.404 e. The molecule has 9 heteroatoms. The molecule has 0 bridgehead atoms. The van der Waals surface area contributed by atoms with Gasteiger partial charge in [-0.15, -0.1) is 0 Å². The first kappa shape index (κ1) is 24.9. The van der Waals surface area contributed by atoms with Crippen LogP contribution in [0.2, 0.25) is 0 Å². The standard InChI is InChI=1S/C6H14N2O2.C4H6O2.C3H7NO2/c7-4-2-1-3-5(8)6(9)10;1-3(2)4(5)6;1-2-6-3(4)5/h5H,1-4,7-8H2,(H,9,10);1H2,2H3,(H,5,6);2H2,1H3,(H2,4,5)/t5-;;/m0../s1. The lowest BCUT2D eigenvalue weighted by molar-refractivity contribution is -0.138. The highest BCUT2D eigenvalue weighted by atomic mass is 16.5. The summed E-state index contributed by atoms with van der Waals surface area (Å²) < 4.78 is 4.18. The van der Waals surface area contributed by atoms with E-state index in [2.05, 4.69) is 17.0 Å². The van der Waals surface area contributed by atoms with Crippen molar-refractivity contribution in [2.24, 2.45) is 17.2 Å². The van der Waals surface area contributed by atoms with Crippen molar-refractivity contribution in [3.8, 4) is 0 Å². The van der Waals surface area contributed by atoms with Crippen molar-refractivity contribution in [2.75, 3.05) is 13.2 Å². The Labute approximate surface area is 130 Å². The zero-order valence-corrected chi connectivity index (χ0v) is 13.1. The highest BCUT2D eigenvalue weighted by molar-refractivity contribution is 5.84. The van der Waals surface area contributed by atoms with E-state index in [1.54, 1.807) is 6.92 Å². The zero-order valence-electron chi connectivity index (χ0n) is 13.1. The minimum atomic E-state index is -0.935. The first-order valence-corrected chi connectivity index (χ1v) is 6.59. The van der Waals surface area contributed by atoms with Crippen LogP contribution in [0.25, 0.3) is 0 Å². The van der Waals surface area contributed by atoms with Gasteiger partial charge >= 0.3 is 18.0 Å². The van der Waals surface area contributed by atoms with E-state index in [1.807, 2.05) is 0 Å². The van der Waals surface area contributed by atoms with Crippen LogP contribution in [0, 0.1) is 0 Å². The van der Waals surface area contributed by atoms with Crippen molar-refractivity contribution < 1.29 is 29.3 Å². The number of carboxylic acid groups (broad SMARTS) is 2. The van der Waals surface area contributed by atoms with Crippen LogP contribution in [0.3, 0.4) is 0 Å². The SMILES string of the molecule is C=C(C)C(=O)O.CCOC(N)=O.NCCCC[C@H](N)C(=O)O. The van der Waals surface area contributed by atoms with E-state index in [0.717, 1.165) is 12.8 Å². The molecule has 0 fully saturated rings. The number of nitrogens with two attached hydrogens (primary N) is 3.